The van der Waals surface area contributed by atoms with Gasteiger partial charge in [-0.2, -0.15) is 0 Å². The monoisotopic (exact) mass is 470 g/mol. The molecule has 2 aliphatic rings. The number of para-hydroxylation sites is 1. The second-order valence-electron chi connectivity index (χ2n) is 7.63. The van der Waals surface area contributed by atoms with E-state index in [1.807, 2.05) is 0 Å². The first kappa shape index (κ1) is 23.4. The number of hydrogen-bond donors (Lipinski definition) is 0. The van der Waals surface area contributed by atoms with Crippen molar-refractivity contribution < 1.29 is 28.7 Å². The molecule has 0 saturated carbocycles. The van der Waals surface area contributed by atoms with Crippen molar-refractivity contribution in [1.82, 2.24) is 0 Å². The molecule has 0 spiro atoms. The van der Waals surface area contributed by atoms with Crippen LogP contribution in [-0.2, 0) is 25.6 Å². The average molecular weight is 470 g/mol. The maximum atomic E-state index is 12.5. The van der Waals surface area contributed by atoms with E-state index >= 15 is 0 Å². The fourth-order valence-corrected chi connectivity index (χ4v) is 3.83. The van der Waals surface area contributed by atoms with Gasteiger partial charge < -0.3 is 9.47 Å². The third-order valence-electron chi connectivity index (χ3n) is 5.30. The van der Waals surface area contributed by atoms with E-state index in [9.17, 15) is 19.2 Å². The Labute approximate surface area is 202 Å². The van der Waals surface area contributed by atoms with E-state index in [1.54, 1.807) is 48.6 Å². The zero-order valence-electron chi connectivity index (χ0n) is 18.8. The topological polar surface area (TPSA) is 93.2 Å². The molecular formula is C27H22N2O6. The van der Waals surface area contributed by atoms with Crippen LogP contribution in [0.15, 0.2) is 86.0 Å². The van der Waals surface area contributed by atoms with E-state index in [0.717, 1.165) is 15.4 Å². The Morgan fingerprint density at radius 1 is 0.714 bits per heavy atom. The fourth-order valence-electron chi connectivity index (χ4n) is 3.83. The van der Waals surface area contributed by atoms with Crippen LogP contribution in [0.25, 0.3) is 0 Å². The van der Waals surface area contributed by atoms with Crippen molar-refractivity contribution in [2.24, 2.45) is 0 Å². The molecule has 0 unspecified atom stereocenters. The lowest BCUT2D eigenvalue weighted by molar-refractivity contribution is -0.121. The molecule has 0 aromatic heterocycles. The van der Waals surface area contributed by atoms with Gasteiger partial charge in [0.05, 0.1) is 11.4 Å². The minimum Gasteiger partial charge on any atom is -0.487 e. The molecule has 0 atom stereocenters. The predicted molar refractivity (Wildman–Crippen MR) is 130 cm³/mol. The number of anilines is 2. The van der Waals surface area contributed by atoms with Crippen LogP contribution in [0.5, 0.6) is 11.5 Å². The first-order valence-electron chi connectivity index (χ1n) is 10.8. The highest BCUT2D eigenvalue weighted by molar-refractivity contribution is 6.29. The number of hydrogen-bond acceptors (Lipinski definition) is 6. The van der Waals surface area contributed by atoms with Crippen LogP contribution in [-0.4, -0.2) is 36.8 Å². The molecule has 176 valence electrons. The van der Waals surface area contributed by atoms with E-state index in [2.05, 4.69) is 13.2 Å². The van der Waals surface area contributed by atoms with E-state index in [-0.39, 0.29) is 13.2 Å². The molecule has 0 aliphatic carbocycles. The number of ether oxygens (including phenoxy) is 2. The van der Waals surface area contributed by atoms with Gasteiger partial charge in [0.25, 0.3) is 23.6 Å². The second kappa shape index (κ2) is 10.0. The van der Waals surface area contributed by atoms with E-state index in [4.69, 9.17) is 9.47 Å². The van der Waals surface area contributed by atoms with Crippen LogP contribution >= 0.6 is 0 Å². The van der Waals surface area contributed by atoms with Crippen LogP contribution in [0.2, 0.25) is 0 Å². The van der Waals surface area contributed by atoms with Crippen LogP contribution in [0.1, 0.15) is 11.1 Å². The van der Waals surface area contributed by atoms with Gasteiger partial charge in [-0.05, 0) is 35.7 Å². The number of carbonyl (C=O) groups is 4. The third kappa shape index (κ3) is 4.67. The van der Waals surface area contributed by atoms with Gasteiger partial charge in [-0.3, -0.25) is 19.2 Å². The number of imide groups is 2. The van der Waals surface area contributed by atoms with Gasteiger partial charge in [0.15, 0.2) is 0 Å². The Bertz CT molecular complexity index is 1270. The maximum Gasteiger partial charge on any atom is 0.258 e. The Kier molecular flexibility index (Phi) is 6.73. The van der Waals surface area contributed by atoms with Crippen molar-refractivity contribution in [3.63, 3.8) is 0 Å². The van der Waals surface area contributed by atoms with Crippen LogP contribution in [0.4, 0.5) is 11.4 Å². The van der Waals surface area contributed by atoms with Crippen molar-refractivity contribution in [1.29, 1.82) is 0 Å². The molecule has 2 aliphatic heterocycles. The zero-order chi connectivity index (χ0) is 24.9. The highest BCUT2D eigenvalue weighted by atomic mass is 16.5. The van der Waals surface area contributed by atoms with Gasteiger partial charge in [0.2, 0.25) is 0 Å². The molecule has 0 fully saturated rings. The Hall–Kier alpha value is -4.72. The van der Waals surface area contributed by atoms with Gasteiger partial charge in [-0.1, -0.05) is 43.5 Å². The molecule has 8 nitrogen and oxygen atoms in total. The molecule has 2 aromatic carbocycles. The quantitative estimate of drug-likeness (QED) is 0.391. The summed E-state index contributed by atoms with van der Waals surface area (Å²) >= 11 is 0. The summed E-state index contributed by atoms with van der Waals surface area (Å²) in [5.41, 5.74) is 2.08. The molecule has 35 heavy (non-hydrogen) atoms. The minimum absolute atomic E-state index is 0.165. The number of rotatable bonds is 10. The van der Waals surface area contributed by atoms with E-state index < -0.39 is 23.6 Å². The lowest BCUT2D eigenvalue weighted by atomic mass is 10.0. The van der Waals surface area contributed by atoms with Crippen molar-refractivity contribution in [2.75, 3.05) is 23.0 Å². The molecule has 0 radical (unpaired) electrons. The molecule has 2 heterocycles. The smallest absolute Gasteiger partial charge is 0.258 e. The number of nitrogens with zero attached hydrogens (tertiary/aromatic N) is 2. The maximum absolute atomic E-state index is 12.5. The SMILES string of the molecule is C=CCOc1cc(Cc2cccc(OCC=C)c2N2C(=O)C=CC2=O)ccc1N1C(=O)C=CC1=O. The van der Waals surface area contributed by atoms with Gasteiger partial charge >= 0.3 is 0 Å². The molecular weight excluding hydrogens is 448 g/mol. The van der Waals surface area contributed by atoms with Gasteiger partial charge in [-0.25, -0.2) is 9.80 Å². The minimum atomic E-state index is -0.463. The van der Waals surface area contributed by atoms with Crippen molar-refractivity contribution >= 4 is 35.0 Å². The number of benzene rings is 2. The van der Waals surface area contributed by atoms with Crippen LogP contribution in [0.3, 0.4) is 0 Å². The highest BCUT2D eigenvalue weighted by Gasteiger charge is 2.31. The van der Waals surface area contributed by atoms with Gasteiger partial charge in [-0.15, -0.1) is 0 Å². The molecule has 0 N–H and O–H groups in total. The van der Waals surface area contributed by atoms with Crippen molar-refractivity contribution in [2.45, 2.75) is 6.42 Å². The van der Waals surface area contributed by atoms with Crippen molar-refractivity contribution in [3.8, 4) is 11.5 Å². The zero-order valence-corrected chi connectivity index (χ0v) is 18.8. The lowest BCUT2D eigenvalue weighted by Crippen LogP contribution is -2.31. The fraction of sp³-hybridized carbons (Fsp3) is 0.111. The van der Waals surface area contributed by atoms with E-state index in [1.165, 1.54) is 24.3 Å². The van der Waals surface area contributed by atoms with Gasteiger partial charge in [0.1, 0.15) is 24.7 Å². The normalized spacial score (nSPS) is 14.7. The lowest BCUT2D eigenvalue weighted by Gasteiger charge is -2.22. The first-order chi connectivity index (χ1) is 16.9. The Morgan fingerprint density at radius 2 is 1.29 bits per heavy atom. The summed E-state index contributed by atoms with van der Waals surface area (Å²) in [4.78, 5) is 51.5. The third-order valence-corrected chi connectivity index (χ3v) is 5.30. The largest absolute Gasteiger partial charge is 0.487 e. The highest BCUT2D eigenvalue weighted by Crippen LogP contribution is 2.37. The second-order valence-corrected chi connectivity index (χ2v) is 7.63. The molecule has 4 rings (SSSR count). The summed E-state index contributed by atoms with van der Waals surface area (Å²) in [6, 6.07) is 10.3. The summed E-state index contributed by atoms with van der Waals surface area (Å²) in [6.45, 7) is 7.65. The summed E-state index contributed by atoms with van der Waals surface area (Å²) in [5.74, 6) is -1.15. The summed E-state index contributed by atoms with van der Waals surface area (Å²) < 4.78 is 11.5. The van der Waals surface area contributed by atoms with E-state index in [0.29, 0.717) is 34.9 Å². The van der Waals surface area contributed by atoms with Gasteiger partial charge in [0, 0.05) is 24.3 Å². The summed E-state index contributed by atoms with van der Waals surface area (Å²) in [6.07, 6.45) is 8.26. The average Bonchev–Trinajstić information content (AvgIpc) is 3.36. The summed E-state index contributed by atoms with van der Waals surface area (Å²) in [7, 11) is 0. The van der Waals surface area contributed by atoms with Crippen LogP contribution < -0.4 is 19.3 Å². The Morgan fingerprint density at radius 3 is 1.89 bits per heavy atom. The van der Waals surface area contributed by atoms with Crippen LogP contribution in [0, 0.1) is 0 Å². The Balaban J connectivity index is 1.74. The molecule has 0 bridgehead atoms. The molecule has 8 heteroatoms. The predicted octanol–water partition coefficient (Wildman–Crippen LogP) is 3.27. The molecule has 4 amide bonds. The summed E-state index contributed by atoms with van der Waals surface area (Å²) in [5, 5.41) is 0. The standard InChI is InChI=1S/C27H22N2O6/c1-3-14-34-21-7-5-6-19(27(21)29-25(32)12-13-26(29)33)16-18-8-9-20(22(17-18)35-15-4-2)28-23(30)10-11-24(28)31/h3-13,17H,1-2,14-16H2. The molecule has 2 aromatic rings. The molecule has 0 saturated heterocycles. The first-order valence-corrected chi connectivity index (χ1v) is 10.8. The van der Waals surface area contributed by atoms with Crippen molar-refractivity contribution in [3.05, 3.63) is 97.1 Å². The number of amides is 4. The number of carbonyl (C=O) groups excluding carboxylic acids is 4.